The molecule has 0 bridgehead atoms. The van der Waals surface area contributed by atoms with Crippen LogP contribution in [0.25, 0.3) is 23.4 Å². The summed E-state index contributed by atoms with van der Waals surface area (Å²) in [7, 11) is 1.56. The van der Waals surface area contributed by atoms with Crippen molar-refractivity contribution in [3.05, 3.63) is 64.2 Å². The fraction of sp³-hybridized carbons (Fsp3) is 0.240. The van der Waals surface area contributed by atoms with Gasteiger partial charge >= 0.3 is 0 Å². The molecule has 2 amide bonds. The van der Waals surface area contributed by atoms with Crippen LogP contribution in [0.3, 0.4) is 0 Å². The van der Waals surface area contributed by atoms with E-state index in [4.69, 9.17) is 11.6 Å². The van der Waals surface area contributed by atoms with E-state index in [1.807, 2.05) is 43.5 Å². The van der Waals surface area contributed by atoms with Gasteiger partial charge in [-0.3, -0.25) is 14.6 Å². The van der Waals surface area contributed by atoms with E-state index in [2.05, 4.69) is 21.7 Å². The van der Waals surface area contributed by atoms with Crippen LogP contribution in [-0.4, -0.2) is 31.2 Å². The minimum atomic E-state index is -0.449. The maximum Gasteiger partial charge on any atom is 0.275 e. The molecule has 0 spiro atoms. The van der Waals surface area contributed by atoms with Crippen molar-refractivity contribution >= 4 is 36.0 Å². The summed E-state index contributed by atoms with van der Waals surface area (Å²) in [6, 6.07) is 11.7. The standard InChI is InChI=1S/C25H28N6O2/c1-15-3-8-21(31(27)25(33)20(12-26)13-28-2)11-22(15)18-7-6-17-10-23(29-14-19(17)9-18)30-24(32)16-4-5-16/h3,6-14,16,23,29H,4-5,26-27H2,1-2H3,(H,30,32). The Hall–Kier alpha value is -3.91. The number of hydrogen-bond donors (Lipinski definition) is 4. The van der Waals surface area contributed by atoms with Gasteiger partial charge in [0.15, 0.2) is 0 Å². The summed E-state index contributed by atoms with van der Waals surface area (Å²) >= 11 is 0. The molecular weight excluding hydrogens is 416 g/mol. The number of carbonyl (C=O) groups excluding carboxylic acids is 2. The first-order valence-corrected chi connectivity index (χ1v) is 10.8. The van der Waals surface area contributed by atoms with Gasteiger partial charge in [0.05, 0.1) is 11.3 Å². The quantitative estimate of drug-likeness (QED) is 0.169. The van der Waals surface area contributed by atoms with Crippen LogP contribution in [0.4, 0.5) is 5.69 Å². The van der Waals surface area contributed by atoms with Gasteiger partial charge in [0, 0.05) is 31.6 Å². The molecule has 8 heteroatoms. The minimum absolute atomic E-state index is 0.100. The van der Waals surface area contributed by atoms with Crippen molar-refractivity contribution in [1.82, 2.24) is 10.6 Å². The zero-order chi connectivity index (χ0) is 23.5. The average molecular weight is 445 g/mol. The number of hydrazine groups is 1. The van der Waals surface area contributed by atoms with Gasteiger partial charge in [-0.05, 0) is 71.2 Å². The van der Waals surface area contributed by atoms with E-state index in [9.17, 15) is 9.59 Å². The number of fused-ring (bicyclic) bond motifs is 1. The number of aryl methyl sites for hydroxylation is 1. The number of anilines is 1. The molecule has 2 aromatic rings. The molecule has 0 aromatic heterocycles. The van der Waals surface area contributed by atoms with Crippen LogP contribution in [0.5, 0.6) is 0 Å². The van der Waals surface area contributed by atoms with Gasteiger partial charge in [0.25, 0.3) is 5.91 Å². The van der Waals surface area contributed by atoms with Gasteiger partial charge < -0.3 is 16.4 Å². The molecule has 8 nitrogen and oxygen atoms in total. The first-order valence-electron chi connectivity index (χ1n) is 10.8. The predicted octanol–water partition coefficient (Wildman–Crippen LogP) is 0.386. The van der Waals surface area contributed by atoms with E-state index in [0.29, 0.717) is 5.69 Å². The molecule has 1 unspecified atom stereocenters. The SMILES string of the molecule is CN=CC(=CN)C(=O)N(N)c1ccc(C)c(-c2ccc3c(c2)=CNC(NC(=O)C2CC2)C=3)c1. The molecule has 170 valence electrons. The molecule has 1 aliphatic heterocycles. The lowest BCUT2D eigenvalue weighted by Gasteiger charge is -2.20. The number of aliphatic imine (C=N–C) groups is 1. The highest BCUT2D eigenvalue weighted by atomic mass is 16.2. The Morgan fingerprint density at radius 1 is 1.18 bits per heavy atom. The van der Waals surface area contributed by atoms with Crippen LogP contribution >= 0.6 is 0 Å². The Morgan fingerprint density at radius 2 is 1.97 bits per heavy atom. The largest absolute Gasteiger partial charge is 0.404 e. The first-order chi connectivity index (χ1) is 15.9. The number of nitrogens with two attached hydrogens (primary N) is 2. The molecule has 1 fully saturated rings. The average Bonchev–Trinajstić information content (AvgIpc) is 3.67. The molecule has 0 radical (unpaired) electrons. The number of amides is 2. The molecule has 4 rings (SSSR count). The van der Waals surface area contributed by atoms with Crippen molar-refractivity contribution in [2.24, 2.45) is 22.5 Å². The maximum absolute atomic E-state index is 12.7. The van der Waals surface area contributed by atoms with Gasteiger partial charge in [0.1, 0.15) is 6.17 Å². The third kappa shape index (κ3) is 4.80. The predicted molar refractivity (Wildman–Crippen MR) is 131 cm³/mol. The van der Waals surface area contributed by atoms with E-state index in [1.54, 1.807) is 13.1 Å². The second-order valence-corrected chi connectivity index (χ2v) is 8.27. The second kappa shape index (κ2) is 9.30. The highest BCUT2D eigenvalue weighted by Gasteiger charge is 2.30. The fourth-order valence-corrected chi connectivity index (χ4v) is 3.76. The summed E-state index contributed by atoms with van der Waals surface area (Å²) in [4.78, 5) is 28.6. The lowest BCUT2D eigenvalue weighted by molar-refractivity contribution is -0.122. The topological polar surface area (TPSA) is 126 Å². The normalized spacial score (nSPS) is 17.4. The molecule has 1 aliphatic carbocycles. The fourth-order valence-electron chi connectivity index (χ4n) is 3.76. The smallest absolute Gasteiger partial charge is 0.275 e. The summed E-state index contributed by atoms with van der Waals surface area (Å²) in [6.07, 6.45) is 8.23. The summed E-state index contributed by atoms with van der Waals surface area (Å²) < 4.78 is 0. The van der Waals surface area contributed by atoms with Gasteiger partial charge in [-0.2, -0.15) is 0 Å². The zero-order valence-electron chi connectivity index (χ0n) is 18.7. The molecule has 2 aromatic carbocycles. The molecule has 1 heterocycles. The van der Waals surface area contributed by atoms with E-state index in [1.165, 1.54) is 12.4 Å². The Bertz CT molecular complexity index is 1280. The van der Waals surface area contributed by atoms with E-state index in [0.717, 1.165) is 45.0 Å². The second-order valence-electron chi connectivity index (χ2n) is 8.27. The van der Waals surface area contributed by atoms with Crippen molar-refractivity contribution in [3.8, 4) is 11.1 Å². The highest BCUT2D eigenvalue weighted by molar-refractivity contribution is 6.18. The summed E-state index contributed by atoms with van der Waals surface area (Å²) in [5, 5.41) is 9.38. The molecular formula is C25H28N6O2. The van der Waals surface area contributed by atoms with Gasteiger partial charge in [0.2, 0.25) is 5.91 Å². The Morgan fingerprint density at radius 3 is 2.67 bits per heavy atom. The Balaban J connectivity index is 1.61. The van der Waals surface area contributed by atoms with Crippen LogP contribution in [0.15, 0.2) is 53.2 Å². The number of nitrogens with zero attached hydrogens (tertiary/aromatic N) is 2. The van der Waals surface area contributed by atoms with Crippen molar-refractivity contribution in [3.63, 3.8) is 0 Å². The van der Waals surface area contributed by atoms with Gasteiger partial charge in [-0.1, -0.05) is 18.2 Å². The van der Waals surface area contributed by atoms with E-state index >= 15 is 0 Å². The van der Waals surface area contributed by atoms with Gasteiger partial charge in [-0.25, -0.2) is 10.9 Å². The summed E-state index contributed by atoms with van der Waals surface area (Å²) in [5.74, 6) is 5.92. The number of hydrogen-bond acceptors (Lipinski definition) is 6. The number of benzene rings is 2. The van der Waals surface area contributed by atoms with Crippen molar-refractivity contribution in [2.45, 2.75) is 25.9 Å². The van der Waals surface area contributed by atoms with Crippen molar-refractivity contribution in [1.29, 1.82) is 0 Å². The Kier molecular flexibility index (Phi) is 6.28. The minimum Gasteiger partial charge on any atom is -0.404 e. The molecule has 2 aliphatic rings. The maximum atomic E-state index is 12.7. The monoisotopic (exact) mass is 444 g/mol. The van der Waals surface area contributed by atoms with E-state index in [-0.39, 0.29) is 23.6 Å². The van der Waals surface area contributed by atoms with Crippen molar-refractivity contribution in [2.75, 3.05) is 12.1 Å². The molecule has 33 heavy (non-hydrogen) atoms. The van der Waals surface area contributed by atoms with Gasteiger partial charge in [-0.15, -0.1) is 0 Å². The lowest BCUT2D eigenvalue weighted by Crippen LogP contribution is -2.48. The number of rotatable bonds is 6. The lowest BCUT2D eigenvalue weighted by atomic mass is 9.98. The number of carbonyl (C=O) groups is 2. The summed E-state index contributed by atoms with van der Waals surface area (Å²) in [6.45, 7) is 2.01. The Labute approximate surface area is 192 Å². The van der Waals surface area contributed by atoms with Crippen molar-refractivity contribution < 1.29 is 9.59 Å². The number of nitrogens with one attached hydrogen (secondary N) is 2. The zero-order valence-corrected chi connectivity index (χ0v) is 18.7. The third-order valence-corrected chi connectivity index (χ3v) is 5.82. The highest BCUT2D eigenvalue weighted by Crippen LogP contribution is 2.29. The molecule has 0 saturated heterocycles. The molecule has 1 saturated carbocycles. The third-order valence-electron chi connectivity index (χ3n) is 5.82. The van der Waals surface area contributed by atoms with Crippen LogP contribution in [0.1, 0.15) is 18.4 Å². The van der Waals surface area contributed by atoms with E-state index < -0.39 is 5.91 Å². The summed E-state index contributed by atoms with van der Waals surface area (Å²) in [5.41, 5.74) is 9.29. The van der Waals surface area contributed by atoms with Crippen LogP contribution in [-0.2, 0) is 9.59 Å². The van der Waals surface area contributed by atoms with Crippen LogP contribution in [0.2, 0.25) is 0 Å². The molecule has 6 N–H and O–H groups in total. The first kappa shape index (κ1) is 22.3. The van der Waals surface area contributed by atoms with Crippen LogP contribution in [0, 0.1) is 12.8 Å². The van der Waals surface area contributed by atoms with Crippen LogP contribution < -0.4 is 37.7 Å². The molecule has 1 atom stereocenters.